The van der Waals surface area contributed by atoms with Gasteiger partial charge in [-0.15, -0.1) is 0 Å². The first-order chi connectivity index (χ1) is 29.7. The van der Waals surface area contributed by atoms with E-state index in [0.717, 1.165) is 0 Å². The Bertz CT molecular complexity index is 1730. The van der Waals surface area contributed by atoms with E-state index >= 15 is 0 Å². The molecule has 0 aromatic carbocycles. The summed E-state index contributed by atoms with van der Waals surface area (Å²) in [6.45, 7) is 0. The lowest BCUT2D eigenvalue weighted by Crippen LogP contribution is -2.60. The molecule has 0 saturated heterocycles. The predicted molar refractivity (Wildman–Crippen MR) is 132 cm³/mol. The summed E-state index contributed by atoms with van der Waals surface area (Å²) >= 11 is 8.06. The van der Waals surface area contributed by atoms with E-state index in [0.29, 0.717) is 0 Å². The molecule has 0 aromatic rings. The number of carbonyl (C=O) groups excluding carboxylic acids is 8. The van der Waals surface area contributed by atoms with Gasteiger partial charge in [-0.05, 0) is 23.2 Å². The van der Waals surface area contributed by atoms with Crippen LogP contribution in [-0.4, -0.2) is 131 Å². The van der Waals surface area contributed by atoms with Crippen LogP contribution in [0.2, 0.25) is 0 Å². The predicted octanol–water partition coefficient (Wildman–Crippen LogP) is 9.07. The van der Waals surface area contributed by atoms with E-state index in [1.165, 1.54) is 0 Å². The Morgan fingerprint density at radius 1 is 0.229 bits per heavy atom. The summed E-state index contributed by atoms with van der Waals surface area (Å²) in [7, 11) is 0. The Hall–Kier alpha value is -5.24. The second kappa shape index (κ2) is 22.0. The van der Waals surface area contributed by atoms with E-state index in [4.69, 9.17) is 0 Å². The van der Waals surface area contributed by atoms with Crippen molar-refractivity contribution in [3.05, 3.63) is 0 Å². The number of carbonyl (C=O) groups is 8. The maximum atomic E-state index is 12.6. The topological polar surface area (TPSA) is 173 Å². The molecule has 12 nitrogen and oxygen atoms in total. The summed E-state index contributed by atoms with van der Waals surface area (Å²) in [6.07, 6.45) is -38.9. The molecular weight excluding hydrogens is 1170 g/mol. The highest BCUT2D eigenvalue weighted by atomic mass is 35.5. The summed E-state index contributed by atoms with van der Waals surface area (Å²) in [4.78, 5) is 80.2. The van der Waals surface area contributed by atoms with Crippen LogP contribution < -0.4 is 0 Å². The lowest BCUT2D eigenvalue weighted by molar-refractivity contribution is -0.354. The van der Waals surface area contributed by atoms with Crippen LogP contribution in [-0.2, 0) is 57.3 Å². The van der Waals surface area contributed by atoms with E-state index < -0.39 is 131 Å². The average molecular weight is 1170 g/mol. The second-order valence-corrected chi connectivity index (χ2v) is 11.1. The van der Waals surface area contributed by atoms with Gasteiger partial charge in [0.2, 0.25) is 0 Å². The molecule has 0 heterocycles. The highest BCUT2D eigenvalue weighted by Crippen LogP contribution is 2.50. The summed E-state index contributed by atoms with van der Waals surface area (Å²) in [6, 6.07) is 0. The molecule has 70 heavy (non-hydrogen) atoms. The minimum atomic E-state index is -7.33. The highest BCUT2D eigenvalue weighted by Gasteiger charge is 2.80. The van der Waals surface area contributed by atoms with E-state index in [-0.39, 0.29) is 0 Å². The molecule has 0 bridgehead atoms. The Morgan fingerprint density at radius 3 is 0.529 bits per heavy atom. The van der Waals surface area contributed by atoms with Gasteiger partial charge in [0.1, 0.15) is 0 Å². The van der Waals surface area contributed by atoms with E-state index in [9.17, 15) is 188 Å². The van der Waals surface area contributed by atoms with Crippen molar-refractivity contribution in [3.8, 4) is 0 Å². The first-order valence-electron chi connectivity index (χ1n) is 13.6. The number of halogens is 36. The molecule has 0 fully saturated rings. The fraction of sp³-hybridized carbons (Fsp3) is 0.636. The summed E-state index contributed by atoms with van der Waals surface area (Å²) in [5.41, 5.74) is 0. The van der Waals surface area contributed by atoms with Crippen molar-refractivity contribution in [1.82, 2.24) is 0 Å². The quantitative estimate of drug-likeness (QED) is 0.0743. The van der Waals surface area contributed by atoms with Crippen molar-refractivity contribution in [2.75, 3.05) is 0 Å². The molecule has 412 valence electrons. The van der Waals surface area contributed by atoms with E-state index in [1.54, 1.807) is 0 Å². The number of hydrogen-bond donors (Lipinski definition) is 0. The third-order valence-electron chi connectivity index (χ3n) is 4.91. The standard InChI is InChI=1S/C8F14O3.C6F10O3.C4Cl2F4O3.C4F6O3/c9-3(10,5(13,14)7(17,18)19)1(23)25-2(24)4(11,12)6(15,16)8(20,21)22;7-3(8,5(11,12)13)1(17)19-2(18)4(9,10)6(14,15)16;5-3(7,8)1(11)13-2(12)4(6,9)10;5-3(6,7)1(11)13-2(12)4(8,9)10. The van der Waals surface area contributed by atoms with Crippen molar-refractivity contribution in [1.29, 1.82) is 0 Å². The molecule has 0 rings (SSSR count). The monoisotopic (exact) mass is 1170 g/mol. The fourth-order valence-corrected chi connectivity index (χ4v) is 1.75. The molecule has 0 radical (unpaired) electrons. The molecule has 48 heteroatoms. The van der Waals surface area contributed by atoms with Crippen LogP contribution >= 0.6 is 23.2 Å². The Morgan fingerprint density at radius 2 is 0.386 bits per heavy atom. The van der Waals surface area contributed by atoms with Gasteiger partial charge in [-0.2, -0.15) is 149 Å². The zero-order valence-electron chi connectivity index (χ0n) is 29.5. The molecular formula is C22Cl2F34O12. The van der Waals surface area contributed by atoms with Gasteiger partial charge in [-0.25, -0.2) is 38.4 Å². The van der Waals surface area contributed by atoms with Crippen molar-refractivity contribution in [2.24, 2.45) is 0 Å². The van der Waals surface area contributed by atoms with Crippen LogP contribution in [0.15, 0.2) is 0 Å². The molecule has 0 spiro atoms. The highest BCUT2D eigenvalue weighted by molar-refractivity contribution is 6.34. The Labute approximate surface area is 361 Å². The molecule has 0 aliphatic carbocycles. The molecule has 0 atom stereocenters. The summed E-state index contributed by atoms with van der Waals surface area (Å²) in [5.74, 6) is -70.0. The van der Waals surface area contributed by atoms with Crippen LogP contribution in [0.5, 0.6) is 0 Å². The number of hydrogen-bond acceptors (Lipinski definition) is 12. The molecule has 0 aliphatic heterocycles. The van der Waals surface area contributed by atoms with Gasteiger partial charge < -0.3 is 18.9 Å². The van der Waals surface area contributed by atoms with Crippen LogP contribution in [0.25, 0.3) is 0 Å². The molecule has 0 N–H and O–H groups in total. The first kappa shape index (κ1) is 71.3. The summed E-state index contributed by atoms with van der Waals surface area (Å²) in [5, 5.41) is -9.09. The molecule has 0 unspecified atom stereocenters. The lowest BCUT2D eigenvalue weighted by Gasteiger charge is -2.28. The van der Waals surface area contributed by atoms with Gasteiger partial charge >= 0.3 is 131 Å². The lowest BCUT2D eigenvalue weighted by atomic mass is 10.1. The third-order valence-corrected chi connectivity index (χ3v) is 5.21. The number of alkyl halides is 36. The van der Waals surface area contributed by atoms with Gasteiger partial charge in [0.05, 0.1) is 0 Å². The van der Waals surface area contributed by atoms with Gasteiger partial charge in [0.15, 0.2) is 0 Å². The molecule has 0 saturated carbocycles. The molecule has 0 aromatic heterocycles. The van der Waals surface area contributed by atoms with Crippen LogP contribution in [0.4, 0.5) is 149 Å². The van der Waals surface area contributed by atoms with Crippen LogP contribution in [0, 0.1) is 0 Å². The Balaban J connectivity index is -0.000000431. The zero-order valence-corrected chi connectivity index (χ0v) is 31.0. The van der Waals surface area contributed by atoms with Gasteiger partial charge in [0, 0.05) is 0 Å². The van der Waals surface area contributed by atoms with Crippen LogP contribution in [0.3, 0.4) is 0 Å². The van der Waals surface area contributed by atoms with Crippen LogP contribution in [0.1, 0.15) is 0 Å². The van der Waals surface area contributed by atoms with Gasteiger partial charge in [0.25, 0.3) is 0 Å². The van der Waals surface area contributed by atoms with Crippen molar-refractivity contribution >= 4 is 71.0 Å². The van der Waals surface area contributed by atoms with E-state index in [1.807, 2.05) is 4.74 Å². The molecule has 0 amide bonds. The summed E-state index contributed by atoms with van der Waals surface area (Å²) < 4.78 is 411. The van der Waals surface area contributed by atoms with E-state index in [2.05, 4.69) is 37.4 Å². The normalized spacial score (nSPS) is 13.9. The third kappa shape index (κ3) is 18.8. The fourth-order valence-electron chi connectivity index (χ4n) is 1.67. The maximum absolute atomic E-state index is 12.6. The number of rotatable bonds is 8. The SMILES string of the molecule is O=C(OC(=O)C(F)(F)C(F)(F)C(F)(F)F)C(F)(F)C(F)(F)C(F)(F)F.O=C(OC(=O)C(F)(F)C(F)(F)F)C(F)(F)C(F)(F)F.O=C(OC(=O)C(F)(F)Cl)C(F)(F)Cl.O=C(OC(=O)C(F)(F)F)C(F)(F)F. The maximum Gasteiger partial charge on any atom is 0.491 e. The number of esters is 8. The smallest absolute Gasteiger partial charge is 0.384 e. The van der Waals surface area contributed by atoms with Crippen molar-refractivity contribution < 1.29 is 207 Å². The molecule has 0 aliphatic rings. The second-order valence-electron chi connectivity index (χ2n) is 10.1. The van der Waals surface area contributed by atoms with Gasteiger partial charge in [-0.1, -0.05) is 0 Å². The zero-order chi connectivity index (χ0) is 58.4. The van der Waals surface area contributed by atoms with Crippen molar-refractivity contribution in [3.63, 3.8) is 0 Å². The van der Waals surface area contributed by atoms with Crippen molar-refractivity contribution in [2.45, 2.75) is 83.4 Å². The minimum absolute atomic E-state index is 2.01. The minimum Gasteiger partial charge on any atom is -0.384 e. The first-order valence-corrected chi connectivity index (χ1v) is 14.3. The number of ether oxygens (including phenoxy) is 4. The average Bonchev–Trinajstić information content (AvgIpc) is 3.08. The largest absolute Gasteiger partial charge is 0.491 e. The Kier molecular flexibility index (Phi) is 22.4. The van der Waals surface area contributed by atoms with Gasteiger partial charge in [-0.3, -0.25) is 0 Å².